The molecule has 29 heavy (non-hydrogen) atoms. The van der Waals surface area contributed by atoms with E-state index in [1.807, 2.05) is 43.3 Å². The summed E-state index contributed by atoms with van der Waals surface area (Å²) in [6.07, 6.45) is 0.992. The van der Waals surface area contributed by atoms with Crippen molar-refractivity contribution in [1.29, 1.82) is 0 Å². The SMILES string of the molecule is CCOc1cccc(CNCCCNCCO)c1OCc1ccc(Cl)cc1.Cl.Cl. The summed E-state index contributed by atoms with van der Waals surface area (Å²) in [7, 11) is 0. The number of hydrogen-bond donors (Lipinski definition) is 3. The molecule has 0 bridgehead atoms. The Morgan fingerprint density at radius 3 is 2.34 bits per heavy atom. The molecule has 5 nitrogen and oxygen atoms in total. The van der Waals surface area contributed by atoms with Crippen LogP contribution in [-0.4, -0.2) is 38.0 Å². The van der Waals surface area contributed by atoms with Crippen LogP contribution < -0.4 is 20.1 Å². The molecule has 0 aliphatic heterocycles. The van der Waals surface area contributed by atoms with E-state index in [-0.39, 0.29) is 31.4 Å². The van der Waals surface area contributed by atoms with Gasteiger partial charge < -0.3 is 25.2 Å². The third-order valence-electron chi connectivity index (χ3n) is 3.97. The van der Waals surface area contributed by atoms with Crippen LogP contribution in [0.15, 0.2) is 42.5 Å². The first-order valence-electron chi connectivity index (χ1n) is 9.38. The summed E-state index contributed by atoms with van der Waals surface area (Å²) >= 11 is 5.95. The number of ether oxygens (including phenoxy) is 2. The summed E-state index contributed by atoms with van der Waals surface area (Å²) in [4.78, 5) is 0. The molecule has 0 aliphatic rings. The number of aliphatic hydroxyl groups is 1. The number of aliphatic hydroxyl groups excluding tert-OH is 1. The highest BCUT2D eigenvalue weighted by molar-refractivity contribution is 6.30. The van der Waals surface area contributed by atoms with Crippen LogP contribution >= 0.6 is 36.4 Å². The molecule has 0 fully saturated rings. The van der Waals surface area contributed by atoms with E-state index in [9.17, 15) is 0 Å². The van der Waals surface area contributed by atoms with Gasteiger partial charge in [-0.1, -0.05) is 35.9 Å². The second kappa shape index (κ2) is 16.6. The highest BCUT2D eigenvalue weighted by atomic mass is 35.5. The van der Waals surface area contributed by atoms with Gasteiger partial charge in [-0.2, -0.15) is 0 Å². The summed E-state index contributed by atoms with van der Waals surface area (Å²) < 4.78 is 11.9. The normalized spacial score (nSPS) is 10.0. The van der Waals surface area contributed by atoms with Crippen LogP contribution in [0.1, 0.15) is 24.5 Å². The molecule has 0 saturated heterocycles. The average Bonchev–Trinajstić information content (AvgIpc) is 2.68. The van der Waals surface area contributed by atoms with Gasteiger partial charge in [0.05, 0.1) is 13.2 Å². The molecule has 0 heterocycles. The van der Waals surface area contributed by atoms with E-state index in [1.165, 1.54) is 0 Å². The van der Waals surface area contributed by atoms with Crippen molar-refractivity contribution >= 4 is 36.4 Å². The van der Waals surface area contributed by atoms with E-state index >= 15 is 0 Å². The van der Waals surface area contributed by atoms with Crippen LogP contribution in [0.2, 0.25) is 5.02 Å². The Morgan fingerprint density at radius 2 is 1.66 bits per heavy atom. The third kappa shape index (κ3) is 10.4. The standard InChI is InChI=1S/C21H29ClN2O3.2ClH/c1-2-26-20-6-3-5-18(15-24-12-4-11-23-13-14-25)21(20)27-16-17-7-9-19(22)10-8-17;;/h3,5-10,23-25H,2,4,11-16H2,1H3;2*1H. The highest BCUT2D eigenvalue weighted by Gasteiger charge is 2.11. The smallest absolute Gasteiger partial charge is 0.166 e. The second-order valence-electron chi connectivity index (χ2n) is 6.10. The van der Waals surface area contributed by atoms with Gasteiger partial charge in [-0.15, -0.1) is 24.8 Å². The van der Waals surface area contributed by atoms with Crippen molar-refractivity contribution in [3.63, 3.8) is 0 Å². The molecule has 0 saturated carbocycles. The minimum Gasteiger partial charge on any atom is -0.490 e. The lowest BCUT2D eigenvalue weighted by molar-refractivity contribution is 0.266. The van der Waals surface area contributed by atoms with Crippen LogP contribution in [0.5, 0.6) is 11.5 Å². The molecule has 2 rings (SSSR count). The maximum absolute atomic E-state index is 8.75. The van der Waals surface area contributed by atoms with Crippen molar-refractivity contribution in [2.45, 2.75) is 26.5 Å². The van der Waals surface area contributed by atoms with Gasteiger partial charge in [0.15, 0.2) is 11.5 Å². The molecule has 0 aromatic heterocycles. The number of rotatable bonds is 13. The van der Waals surface area contributed by atoms with Crippen molar-refractivity contribution in [3.05, 3.63) is 58.6 Å². The Hall–Kier alpha value is -1.21. The number of halogens is 3. The van der Waals surface area contributed by atoms with Gasteiger partial charge in [0.2, 0.25) is 0 Å². The van der Waals surface area contributed by atoms with Crippen molar-refractivity contribution in [1.82, 2.24) is 10.6 Å². The van der Waals surface area contributed by atoms with Crippen LogP contribution in [0.25, 0.3) is 0 Å². The number of nitrogens with one attached hydrogen (secondary N) is 2. The lowest BCUT2D eigenvalue weighted by Crippen LogP contribution is -2.24. The minimum atomic E-state index is 0. The zero-order valence-corrected chi connectivity index (χ0v) is 19.0. The van der Waals surface area contributed by atoms with Gasteiger partial charge in [0.1, 0.15) is 6.61 Å². The topological polar surface area (TPSA) is 62.8 Å². The lowest BCUT2D eigenvalue weighted by Gasteiger charge is -2.16. The maximum Gasteiger partial charge on any atom is 0.166 e. The fraction of sp³-hybridized carbons (Fsp3) is 0.429. The largest absolute Gasteiger partial charge is 0.490 e. The van der Waals surface area contributed by atoms with E-state index < -0.39 is 0 Å². The van der Waals surface area contributed by atoms with E-state index in [1.54, 1.807) is 0 Å². The molecule has 0 spiro atoms. The molecule has 0 atom stereocenters. The van der Waals surface area contributed by atoms with Crippen LogP contribution in [0, 0.1) is 0 Å². The third-order valence-corrected chi connectivity index (χ3v) is 4.22. The maximum atomic E-state index is 8.75. The van der Waals surface area contributed by atoms with Crippen molar-refractivity contribution < 1.29 is 14.6 Å². The van der Waals surface area contributed by atoms with E-state index in [2.05, 4.69) is 16.7 Å². The summed E-state index contributed by atoms with van der Waals surface area (Å²) in [5.74, 6) is 1.54. The average molecular weight is 466 g/mol. The molecule has 0 amide bonds. The second-order valence-corrected chi connectivity index (χ2v) is 6.53. The van der Waals surface area contributed by atoms with Crippen LogP contribution in [0.3, 0.4) is 0 Å². The first kappa shape index (κ1) is 27.8. The Kier molecular flexibility index (Phi) is 15.9. The Morgan fingerprint density at radius 1 is 0.931 bits per heavy atom. The van der Waals surface area contributed by atoms with E-state index in [4.69, 9.17) is 26.2 Å². The quantitative estimate of drug-likeness (QED) is 0.387. The van der Waals surface area contributed by atoms with Gasteiger partial charge in [-0.25, -0.2) is 0 Å². The number of para-hydroxylation sites is 1. The predicted octanol–water partition coefficient (Wildman–Crippen LogP) is 4.22. The Bertz CT molecular complexity index is 673. The molecule has 0 aliphatic carbocycles. The van der Waals surface area contributed by atoms with Gasteiger partial charge in [0.25, 0.3) is 0 Å². The van der Waals surface area contributed by atoms with Gasteiger partial charge in [-0.05, 0) is 50.2 Å². The Labute approximate surface area is 191 Å². The van der Waals surface area contributed by atoms with E-state index in [0.29, 0.717) is 31.3 Å². The molecule has 3 N–H and O–H groups in total. The summed E-state index contributed by atoms with van der Waals surface area (Å²) in [6.45, 7) is 6.29. The first-order chi connectivity index (χ1) is 13.2. The number of hydrogen-bond acceptors (Lipinski definition) is 5. The fourth-order valence-corrected chi connectivity index (χ4v) is 2.76. The molecule has 2 aromatic carbocycles. The Balaban J connectivity index is 0.00000392. The van der Waals surface area contributed by atoms with Crippen LogP contribution in [0.4, 0.5) is 0 Å². The van der Waals surface area contributed by atoms with Gasteiger partial charge in [0, 0.05) is 23.7 Å². The highest BCUT2D eigenvalue weighted by Crippen LogP contribution is 2.32. The monoisotopic (exact) mass is 464 g/mol. The van der Waals surface area contributed by atoms with Crippen molar-refractivity contribution in [2.24, 2.45) is 0 Å². The molecule has 0 radical (unpaired) electrons. The predicted molar refractivity (Wildman–Crippen MR) is 124 cm³/mol. The lowest BCUT2D eigenvalue weighted by atomic mass is 10.1. The van der Waals surface area contributed by atoms with Crippen molar-refractivity contribution in [2.75, 3.05) is 32.8 Å². The molecule has 0 unspecified atom stereocenters. The zero-order chi connectivity index (χ0) is 19.3. The minimum absolute atomic E-state index is 0. The fourth-order valence-electron chi connectivity index (χ4n) is 2.64. The first-order valence-corrected chi connectivity index (χ1v) is 9.76. The molecule has 2 aromatic rings. The molecular formula is C21H31Cl3N2O3. The van der Waals surface area contributed by atoms with E-state index in [0.717, 1.165) is 42.1 Å². The van der Waals surface area contributed by atoms with Gasteiger partial charge >= 0.3 is 0 Å². The summed E-state index contributed by atoms with van der Waals surface area (Å²) in [5.41, 5.74) is 2.12. The zero-order valence-electron chi connectivity index (χ0n) is 16.7. The van der Waals surface area contributed by atoms with Gasteiger partial charge in [-0.3, -0.25) is 0 Å². The summed E-state index contributed by atoms with van der Waals surface area (Å²) in [5, 5.41) is 16.1. The van der Waals surface area contributed by atoms with Crippen LogP contribution in [-0.2, 0) is 13.2 Å². The molecule has 164 valence electrons. The summed E-state index contributed by atoms with van der Waals surface area (Å²) in [6, 6.07) is 13.6. The van der Waals surface area contributed by atoms with Crippen molar-refractivity contribution in [3.8, 4) is 11.5 Å². The molecule has 8 heteroatoms. The molecular weight excluding hydrogens is 435 g/mol. The number of benzene rings is 2.